The van der Waals surface area contributed by atoms with E-state index in [0.717, 1.165) is 12.4 Å². The Bertz CT molecular complexity index is 1040. The molecule has 140 valence electrons. The molecule has 0 aliphatic rings. The number of halogens is 3. The van der Waals surface area contributed by atoms with Gasteiger partial charge in [-0.05, 0) is 36.4 Å². The standard InChI is InChI=1S/C19H12F3N5O/c20-19(21,22)14-3-1-2-4-15(14)27-17-9-16(24-11-25-17)18(28)26-13-7-5-12(10-23)6-8-13/h1-9,11H,(H,26,28)(H,24,25,27). The van der Waals surface area contributed by atoms with Crippen LogP contribution in [0.1, 0.15) is 21.6 Å². The maximum Gasteiger partial charge on any atom is 0.418 e. The minimum Gasteiger partial charge on any atom is -0.340 e. The molecule has 0 atom stereocenters. The minimum atomic E-state index is -4.54. The van der Waals surface area contributed by atoms with Gasteiger partial charge in [0.1, 0.15) is 17.8 Å². The number of amides is 1. The van der Waals surface area contributed by atoms with Crippen LogP contribution in [0.3, 0.4) is 0 Å². The summed E-state index contributed by atoms with van der Waals surface area (Å²) in [5.41, 5.74) is -0.190. The molecule has 6 nitrogen and oxygen atoms in total. The molecule has 0 fully saturated rings. The fourth-order valence-corrected chi connectivity index (χ4v) is 2.35. The normalized spacial score (nSPS) is 10.8. The van der Waals surface area contributed by atoms with Crippen LogP contribution >= 0.6 is 0 Å². The Morgan fingerprint density at radius 3 is 2.43 bits per heavy atom. The number of aromatic nitrogens is 2. The van der Waals surface area contributed by atoms with Gasteiger partial charge < -0.3 is 10.6 Å². The molecule has 1 aromatic heterocycles. The zero-order valence-corrected chi connectivity index (χ0v) is 14.2. The highest BCUT2D eigenvalue weighted by Gasteiger charge is 2.33. The molecule has 28 heavy (non-hydrogen) atoms. The van der Waals surface area contributed by atoms with Crippen molar-refractivity contribution >= 4 is 23.1 Å². The topological polar surface area (TPSA) is 90.7 Å². The van der Waals surface area contributed by atoms with Crippen molar-refractivity contribution in [3.8, 4) is 6.07 Å². The summed E-state index contributed by atoms with van der Waals surface area (Å²) in [6.45, 7) is 0. The van der Waals surface area contributed by atoms with Crippen molar-refractivity contribution in [2.75, 3.05) is 10.6 Å². The van der Waals surface area contributed by atoms with E-state index in [4.69, 9.17) is 5.26 Å². The third-order valence-corrected chi connectivity index (χ3v) is 3.67. The number of para-hydroxylation sites is 1. The monoisotopic (exact) mass is 383 g/mol. The van der Waals surface area contributed by atoms with Gasteiger partial charge >= 0.3 is 6.18 Å². The van der Waals surface area contributed by atoms with Crippen LogP contribution in [0.15, 0.2) is 60.9 Å². The Kier molecular flexibility index (Phi) is 5.22. The van der Waals surface area contributed by atoms with Gasteiger partial charge in [0.15, 0.2) is 0 Å². The highest BCUT2D eigenvalue weighted by atomic mass is 19.4. The lowest BCUT2D eigenvalue weighted by Gasteiger charge is -2.14. The van der Waals surface area contributed by atoms with Crippen LogP contribution in [0, 0.1) is 11.3 Å². The number of rotatable bonds is 4. The first-order chi connectivity index (χ1) is 13.4. The summed E-state index contributed by atoms with van der Waals surface area (Å²) in [6.07, 6.45) is -3.46. The number of anilines is 3. The van der Waals surface area contributed by atoms with E-state index in [1.54, 1.807) is 12.1 Å². The summed E-state index contributed by atoms with van der Waals surface area (Å²) < 4.78 is 39.3. The molecule has 2 aromatic carbocycles. The quantitative estimate of drug-likeness (QED) is 0.698. The van der Waals surface area contributed by atoms with Crippen LogP contribution in [-0.2, 0) is 6.18 Å². The van der Waals surface area contributed by atoms with Crippen molar-refractivity contribution in [1.82, 2.24) is 9.97 Å². The number of alkyl halides is 3. The highest BCUT2D eigenvalue weighted by molar-refractivity contribution is 6.03. The molecule has 0 aliphatic carbocycles. The first-order valence-corrected chi connectivity index (χ1v) is 7.93. The summed E-state index contributed by atoms with van der Waals surface area (Å²) in [4.78, 5) is 20.0. The predicted octanol–water partition coefficient (Wildman–Crippen LogP) is 4.36. The van der Waals surface area contributed by atoms with Crippen molar-refractivity contribution in [1.29, 1.82) is 5.26 Å². The van der Waals surface area contributed by atoms with Gasteiger partial charge in [-0.2, -0.15) is 18.4 Å². The largest absolute Gasteiger partial charge is 0.418 e. The SMILES string of the molecule is N#Cc1ccc(NC(=O)c2cc(Nc3ccccc3C(F)(F)F)ncn2)cc1. The predicted molar refractivity (Wildman–Crippen MR) is 95.9 cm³/mol. The van der Waals surface area contributed by atoms with Gasteiger partial charge in [-0.25, -0.2) is 9.97 Å². The van der Waals surface area contributed by atoms with Crippen molar-refractivity contribution in [3.05, 3.63) is 77.7 Å². The average molecular weight is 383 g/mol. The first-order valence-electron chi connectivity index (χ1n) is 7.93. The lowest BCUT2D eigenvalue weighted by molar-refractivity contribution is -0.136. The molecule has 0 saturated carbocycles. The number of nitriles is 1. The van der Waals surface area contributed by atoms with E-state index in [0.29, 0.717) is 11.3 Å². The van der Waals surface area contributed by atoms with Crippen molar-refractivity contribution in [2.45, 2.75) is 6.18 Å². The molecule has 0 unspecified atom stereocenters. The van der Waals surface area contributed by atoms with Crippen LogP contribution in [-0.4, -0.2) is 15.9 Å². The second kappa shape index (κ2) is 7.75. The zero-order chi connectivity index (χ0) is 20.1. The number of hydrogen-bond donors (Lipinski definition) is 2. The van der Waals surface area contributed by atoms with Crippen molar-refractivity contribution in [2.24, 2.45) is 0 Å². The van der Waals surface area contributed by atoms with Gasteiger partial charge in [-0.1, -0.05) is 12.1 Å². The minimum absolute atomic E-state index is 0.0358. The molecule has 2 N–H and O–H groups in total. The summed E-state index contributed by atoms with van der Waals surface area (Å²) in [7, 11) is 0. The maximum atomic E-state index is 13.1. The summed E-state index contributed by atoms with van der Waals surface area (Å²) >= 11 is 0. The Hall–Kier alpha value is -3.93. The van der Waals surface area contributed by atoms with E-state index in [2.05, 4.69) is 20.6 Å². The van der Waals surface area contributed by atoms with E-state index < -0.39 is 17.6 Å². The number of carbonyl (C=O) groups is 1. The highest BCUT2D eigenvalue weighted by Crippen LogP contribution is 2.35. The van der Waals surface area contributed by atoms with Gasteiger partial charge in [-0.3, -0.25) is 4.79 Å². The van der Waals surface area contributed by atoms with Crippen LogP contribution < -0.4 is 10.6 Å². The number of carbonyl (C=O) groups excluding carboxylic acids is 1. The third-order valence-electron chi connectivity index (χ3n) is 3.67. The molecule has 9 heteroatoms. The molecule has 1 heterocycles. The van der Waals surface area contributed by atoms with Crippen molar-refractivity contribution in [3.63, 3.8) is 0 Å². The zero-order valence-electron chi connectivity index (χ0n) is 14.2. The number of hydrogen-bond acceptors (Lipinski definition) is 5. The van der Waals surface area contributed by atoms with Crippen LogP contribution in [0.4, 0.5) is 30.4 Å². The summed E-state index contributed by atoms with van der Waals surface area (Å²) in [5.74, 6) is -0.532. The molecule has 0 aliphatic heterocycles. The average Bonchev–Trinajstić information content (AvgIpc) is 2.68. The lowest BCUT2D eigenvalue weighted by Crippen LogP contribution is -2.14. The molecule has 1 amide bonds. The van der Waals surface area contributed by atoms with Crippen molar-refractivity contribution < 1.29 is 18.0 Å². The molecule has 0 spiro atoms. The Morgan fingerprint density at radius 1 is 1.04 bits per heavy atom. The molecule has 0 radical (unpaired) electrons. The number of nitrogens with zero attached hydrogens (tertiary/aromatic N) is 3. The third kappa shape index (κ3) is 4.42. The van der Waals surface area contributed by atoms with Crippen LogP contribution in [0.2, 0.25) is 0 Å². The molecular weight excluding hydrogens is 371 g/mol. The molecule has 3 rings (SSSR count). The molecule has 3 aromatic rings. The van der Waals surface area contributed by atoms with Crippen LogP contribution in [0.5, 0.6) is 0 Å². The van der Waals surface area contributed by atoms with E-state index in [-0.39, 0.29) is 17.2 Å². The molecule has 0 bridgehead atoms. The van der Waals surface area contributed by atoms with Gasteiger partial charge in [0.05, 0.1) is 22.9 Å². The lowest BCUT2D eigenvalue weighted by atomic mass is 10.1. The summed E-state index contributed by atoms with van der Waals surface area (Å²) in [6, 6.07) is 14.3. The van der Waals surface area contributed by atoms with E-state index in [9.17, 15) is 18.0 Å². The fourth-order valence-electron chi connectivity index (χ4n) is 2.35. The van der Waals surface area contributed by atoms with E-state index >= 15 is 0 Å². The first kappa shape index (κ1) is 18.8. The van der Waals surface area contributed by atoms with Crippen LogP contribution in [0.25, 0.3) is 0 Å². The Morgan fingerprint density at radius 2 is 1.75 bits per heavy atom. The van der Waals surface area contributed by atoms with E-state index in [1.807, 2.05) is 6.07 Å². The maximum absolute atomic E-state index is 13.1. The second-order valence-electron chi connectivity index (χ2n) is 5.60. The van der Waals surface area contributed by atoms with Gasteiger partial charge in [0.2, 0.25) is 0 Å². The molecule has 0 saturated heterocycles. The van der Waals surface area contributed by atoms with Gasteiger partial charge in [-0.15, -0.1) is 0 Å². The number of nitrogens with one attached hydrogen (secondary N) is 2. The Balaban J connectivity index is 1.79. The Labute approximate surface area is 157 Å². The smallest absolute Gasteiger partial charge is 0.340 e. The molecular formula is C19H12F3N5O. The van der Waals surface area contributed by atoms with E-state index in [1.165, 1.54) is 36.4 Å². The second-order valence-corrected chi connectivity index (χ2v) is 5.60. The van der Waals surface area contributed by atoms with Gasteiger partial charge in [0, 0.05) is 11.8 Å². The number of benzene rings is 2. The fraction of sp³-hybridized carbons (Fsp3) is 0.0526. The van der Waals surface area contributed by atoms with Gasteiger partial charge in [0.25, 0.3) is 5.91 Å². The summed E-state index contributed by atoms with van der Waals surface area (Å²) in [5, 5.41) is 13.9.